The van der Waals surface area contributed by atoms with E-state index in [1.54, 1.807) is 45.0 Å². The van der Waals surface area contributed by atoms with Gasteiger partial charge in [-0.25, -0.2) is 14.6 Å². The zero-order valence-electron chi connectivity index (χ0n) is 16.7. The highest BCUT2D eigenvalue weighted by atomic mass is 16.6. The van der Waals surface area contributed by atoms with Gasteiger partial charge < -0.3 is 26.3 Å². The molecule has 0 fully saturated rings. The van der Waals surface area contributed by atoms with Crippen molar-refractivity contribution in [3.8, 4) is 5.75 Å². The maximum atomic E-state index is 12.7. The minimum Gasteiger partial charge on any atom is -0.444 e. The molecule has 1 amide bonds. The maximum absolute atomic E-state index is 12.7. The average Bonchev–Trinajstić information content (AvgIpc) is 2.61. The molecule has 0 spiro atoms. The summed E-state index contributed by atoms with van der Waals surface area (Å²) < 4.78 is 10.7. The van der Waals surface area contributed by atoms with E-state index in [0.29, 0.717) is 11.4 Å². The normalized spacial score (nSPS) is 11.8. The number of carbonyl (C=O) groups is 2. The highest BCUT2D eigenvalue weighted by molar-refractivity contribution is 5.83. The predicted octanol–water partition coefficient (Wildman–Crippen LogP) is 2.63. The fourth-order valence-corrected chi connectivity index (χ4v) is 2.42. The van der Waals surface area contributed by atoms with Crippen LogP contribution in [0.25, 0.3) is 0 Å². The van der Waals surface area contributed by atoms with Crippen LogP contribution >= 0.6 is 0 Å². The summed E-state index contributed by atoms with van der Waals surface area (Å²) in [5.74, 6) is -0.387. The van der Waals surface area contributed by atoms with Crippen LogP contribution in [0.4, 0.5) is 10.5 Å². The van der Waals surface area contributed by atoms with Crippen molar-refractivity contribution in [1.29, 1.82) is 0 Å². The first-order valence-corrected chi connectivity index (χ1v) is 9.07. The molecule has 1 atom stereocenters. The van der Waals surface area contributed by atoms with E-state index >= 15 is 0 Å². The Balaban J connectivity index is 2.12. The van der Waals surface area contributed by atoms with Crippen LogP contribution in [0.3, 0.4) is 0 Å². The molecule has 0 heterocycles. The van der Waals surface area contributed by atoms with Gasteiger partial charge in [-0.15, -0.1) is 0 Å². The number of nitrogens with two attached hydrogens (primary N) is 2. The van der Waals surface area contributed by atoms with Gasteiger partial charge in [0.05, 0.1) is 5.69 Å². The van der Waals surface area contributed by atoms with Crippen LogP contribution in [0.5, 0.6) is 5.75 Å². The second kappa shape index (κ2) is 9.59. The Morgan fingerprint density at radius 1 is 1.03 bits per heavy atom. The quantitative estimate of drug-likeness (QED) is 0.297. The summed E-state index contributed by atoms with van der Waals surface area (Å²) in [6.45, 7) is 5.24. The third-order valence-electron chi connectivity index (χ3n) is 3.57. The number of benzene rings is 2. The summed E-state index contributed by atoms with van der Waals surface area (Å²) in [7, 11) is 0. The van der Waals surface area contributed by atoms with Crippen molar-refractivity contribution in [1.82, 2.24) is 5.32 Å². The van der Waals surface area contributed by atoms with Gasteiger partial charge in [0.2, 0.25) is 0 Å². The lowest BCUT2D eigenvalue weighted by Crippen LogP contribution is -2.46. The van der Waals surface area contributed by atoms with Gasteiger partial charge in [0.15, 0.2) is 5.96 Å². The molecule has 29 heavy (non-hydrogen) atoms. The molecule has 5 N–H and O–H groups in total. The van der Waals surface area contributed by atoms with E-state index in [2.05, 4.69) is 10.3 Å². The van der Waals surface area contributed by atoms with E-state index in [9.17, 15) is 9.59 Å². The second-order valence-electron chi connectivity index (χ2n) is 7.34. The highest BCUT2D eigenvalue weighted by Crippen LogP contribution is 2.19. The maximum Gasteiger partial charge on any atom is 0.408 e. The Labute approximate surface area is 169 Å². The first-order valence-electron chi connectivity index (χ1n) is 9.07. The topological polar surface area (TPSA) is 129 Å². The van der Waals surface area contributed by atoms with Gasteiger partial charge in [0.1, 0.15) is 17.4 Å². The number of hydrogen-bond acceptors (Lipinski definition) is 5. The van der Waals surface area contributed by atoms with Crippen LogP contribution in [-0.2, 0) is 16.0 Å². The van der Waals surface area contributed by atoms with Gasteiger partial charge in [-0.3, -0.25) is 0 Å². The zero-order valence-corrected chi connectivity index (χ0v) is 16.7. The monoisotopic (exact) mass is 398 g/mol. The first kappa shape index (κ1) is 21.7. The summed E-state index contributed by atoms with van der Waals surface area (Å²) >= 11 is 0. The molecule has 0 radical (unpaired) electrons. The molecular formula is C21H26N4O4. The number of carbonyl (C=O) groups excluding carboxylic acids is 2. The highest BCUT2D eigenvalue weighted by Gasteiger charge is 2.26. The molecule has 8 nitrogen and oxygen atoms in total. The number of ether oxygens (including phenoxy) is 2. The van der Waals surface area contributed by atoms with Crippen molar-refractivity contribution < 1.29 is 19.1 Å². The number of hydrogen-bond donors (Lipinski definition) is 3. The summed E-state index contributed by atoms with van der Waals surface area (Å²) in [5.41, 5.74) is 11.4. The molecule has 8 heteroatoms. The Hall–Kier alpha value is -3.55. The number of alkyl carbamates (subject to hydrolysis) is 1. The van der Waals surface area contributed by atoms with Crippen LogP contribution in [0.2, 0.25) is 0 Å². The third kappa shape index (κ3) is 7.92. The Morgan fingerprint density at radius 3 is 2.21 bits per heavy atom. The molecule has 0 aliphatic carbocycles. The summed E-state index contributed by atoms with van der Waals surface area (Å²) in [6, 6.07) is 14.7. The van der Waals surface area contributed by atoms with E-state index in [0.717, 1.165) is 5.56 Å². The van der Waals surface area contributed by atoms with Crippen molar-refractivity contribution in [2.45, 2.75) is 38.8 Å². The van der Waals surface area contributed by atoms with Gasteiger partial charge in [0, 0.05) is 6.42 Å². The van der Waals surface area contributed by atoms with Crippen molar-refractivity contribution in [2.24, 2.45) is 16.5 Å². The van der Waals surface area contributed by atoms with E-state index in [1.165, 1.54) is 0 Å². The summed E-state index contributed by atoms with van der Waals surface area (Å²) in [6.07, 6.45) is -0.441. The van der Waals surface area contributed by atoms with Gasteiger partial charge in [-0.1, -0.05) is 30.3 Å². The largest absolute Gasteiger partial charge is 0.444 e. The summed E-state index contributed by atoms with van der Waals surface area (Å²) in [4.78, 5) is 28.8. The number of nitrogens with zero attached hydrogens (tertiary/aromatic N) is 1. The molecule has 2 rings (SSSR count). The predicted molar refractivity (Wildman–Crippen MR) is 111 cm³/mol. The van der Waals surface area contributed by atoms with E-state index in [4.69, 9.17) is 20.9 Å². The molecule has 2 aromatic rings. The fourth-order valence-electron chi connectivity index (χ4n) is 2.42. The molecule has 2 aromatic carbocycles. The van der Waals surface area contributed by atoms with Crippen molar-refractivity contribution in [2.75, 3.05) is 0 Å². The molecule has 0 saturated heterocycles. The molecule has 0 aliphatic rings. The lowest BCUT2D eigenvalue weighted by Gasteiger charge is -2.23. The minimum atomic E-state index is -0.926. The Kier molecular flexibility index (Phi) is 7.19. The van der Waals surface area contributed by atoms with E-state index in [-0.39, 0.29) is 12.4 Å². The van der Waals surface area contributed by atoms with Crippen LogP contribution in [-0.4, -0.2) is 29.7 Å². The molecule has 0 saturated carbocycles. The number of amides is 1. The molecule has 0 aliphatic heterocycles. The molecule has 0 aromatic heterocycles. The summed E-state index contributed by atoms with van der Waals surface area (Å²) in [5, 5.41) is 2.59. The van der Waals surface area contributed by atoms with E-state index < -0.39 is 23.7 Å². The Morgan fingerprint density at radius 2 is 1.66 bits per heavy atom. The standard InChI is InChI=1S/C21H26N4O4/c1-21(2,3)29-20(27)25-17(13-14-7-5-4-6-8-14)18(26)28-16-11-9-15(10-12-16)24-19(22)23/h4-12,17H,13H2,1-3H3,(H,25,27)(H4,22,23,24)/t17-/m1/s1. The SMILES string of the molecule is CC(C)(C)OC(=O)N[C@H](Cc1ccccc1)C(=O)Oc1ccc(N=C(N)N)cc1. The van der Waals surface area contributed by atoms with Crippen LogP contribution in [0.15, 0.2) is 59.6 Å². The van der Waals surface area contributed by atoms with Gasteiger partial charge >= 0.3 is 12.1 Å². The fraction of sp³-hybridized carbons (Fsp3) is 0.286. The van der Waals surface area contributed by atoms with Gasteiger partial charge in [-0.05, 0) is 50.6 Å². The number of esters is 1. The van der Waals surface area contributed by atoms with Crippen molar-refractivity contribution >= 4 is 23.7 Å². The first-order chi connectivity index (χ1) is 13.6. The third-order valence-corrected chi connectivity index (χ3v) is 3.57. The van der Waals surface area contributed by atoms with Crippen LogP contribution < -0.4 is 21.5 Å². The number of nitrogens with one attached hydrogen (secondary N) is 1. The lowest BCUT2D eigenvalue weighted by molar-refractivity contribution is -0.136. The van der Waals surface area contributed by atoms with Crippen LogP contribution in [0.1, 0.15) is 26.3 Å². The number of rotatable bonds is 6. The number of guanidine groups is 1. The van der Waals surface area contributed by atoms with Crippen molar-refractivity contribution in [3.05, 3.63) is 60.2 Å². The Bertz CT molecular complexity index is 854. The van der Waals surface area contributed by atoms with Gasteiger partial charge in [0.25, 0.3) is 0 Å². The van der Waals surface area contributed by atoms with Crippen molar-refractivity contribution in [3.63, 3.8) is 0 Å². The smallest absolute Gasteiger partial charge is 0.408 e. The number of aliphatic imine (C=N–C) groups is 1. The second-order valence-corrected chi connectivity index (χ2v) is 7.34. The average molecular weight is 398 g/mol. The minimum absolute atomic E-state index is 0.0702. The zero-order chi connectivity index (χ0) is 21.4. The lowest BCUT2D eigenvalue weighted by atomic mass is 10.1. The molecule has 154 valence electrons. The molecule has 0 bridgehead atoms. The van der Waals surface area contributed by atoms with E-state index in [1.807, 2.05) is 30.3 Å². The molecule has 0 unspecified atom stereocenters. The molecular weight excluding hydrogens is 372 g/mol. The van der Waals surface area contributed by atoms with Crippen LogP contribution in [0, 0.1) is 0 Å². The van der Waals surface area contributed by atoms with Gasteiger partial charge in [-0.2, -0.15) is 0 Å².